The van der Waals surface area contributed by atoms with Crippen molar-refractivity contribution in [2.75, 3.05) is 0 Å². The molecule has 2 aromatic heterocycles. The second-order valence-corrected chi connectivity index (χ2v) is 17.9. The van der Waals surface area contributed by atoms with Crippen molar-refractivity contribution in [1.82, 2.24) is 9.55 Å². The van der Waals surface area contributed by atoms with Gasteiger partial charge in [0, 0.05) is 22.0 Å². The van der Waals surface area contributed by atoms with E-state index >= 15 is 0 Å². The smallest absolute Gasteiger partial charge is 0.227 e. The zero-order valence-electron chi connectivity index (χ0n) is 38.2. The number of para-hydroxylation sites is 2. The summed E-state index contributed by atoms with van der Waals surface area (Å²) < 4.78 is 8.52. The molecule has 0 radical (unpaired) electrons. The zero-order valence-corrected chi connectivity index (χ0v) is 38.2. The highest BCUT2D eigenvalue weighted by Crippen LogP contribution is 2.42. The molecule has 2 heterocycles. The molecule has 11 aromatic carbocycles. The zero-order chi connectivity index (χ0) is 46.4. The summed E-state index contributed by atoms with van der Waals surface area (Å²) in [6.07, 6.45) is 0. The van der Waals surface area contributed by atoms with E-state index in [9.17, 15) is 0 Å². The molecular weight excluding hydrogens is 849 g/mol. The summed E-state index contributed by atoms with van der Waals surface area (Å²) in [7, 11) is 0. The number of aromatic nitrogens is 2. The Hall–Kier alpha value is -9.31. The lowest BCUT2D eigenvalue weighted by Crippen LogP contribution is -1.94. The van der Waals surface area contributed by atoms with Crippen LogP contribution in [0, 0.1) is 0 Å². The molecule has 3 heteroatoms. The molecule has 0 bridgehead atoms. The minimum atomic E-state index is 0.625. The van der Waals surface area contributed by atoms with Crippen LogP contribution in [0.4, 0.5) is 0 Å². The van der Waals surface area contributed by atoms with Crippen molar-refractivity contribution < 1.29 is 4.42 Å². The average Bonchev–Trinajstić information content (AvgIpc) is 4.03. The van der Waals surface area contributed by atoms with Crippen LogP contribution in [0.3, 0.4) is 0 Å². The highest BCUT2D eigenvalue weighted by atomic mass is 16.3. The van der Waals surface area contributed by atoms with E-state index in [2.05, 4.69) is 247 Å². The minimum absolute atomic E-state index is 0.625. The Morgan fingerprint density at radius 2 is 0.657 bits per heavy atom. The maximum absolute atomic E-state index is 6.09. The van der Waals surface area contributed by atoms with Crippen molar-refractivity contribution in [2.24, 2.45) is 0 Å². The summed E-state index contributed by atoms with van der Waals surface area (Å²) in [4.78, 5) is 4.73. The summed E-state index contributed by atoms with van der Waals surface area (Å²) in [5, 5.41) is 2.43. The van der Waals surface area contributed by atoms with Crippen LogP contribution >= 0.6 is 0 Å². The Morgan fingerprint density at radius 1 is 0.271 bits per heavy atom. The number of nitrogens with zero attached hydrogens (tertiary/aromatic N) is 2. The summed E-state index contributed by atoms with van der Waals surface area (Å²) in [5.74, 6) is 0.625. The van der Waals surface area contributed by atoms with E-state index in [0.717, 1.165) is 44.5 Å². The minimum Gasteiger partial charge on any atom is -0.436 e. The van der Waals surface area contributed by atoms with E-state index in [1.165, 1.54) is 77.5 Å². The maximum Gasteiger partial charge on any atom is 0.227 e. The normalized spacial score (nSPS) is 11.4. The van der Waals surface area contributed by atoms with Gasteiger partial charge in [0.2, 0.25) is 5.89 Å². The first-order valence-corrected chi connectivity index (χ1v) is 23.8. The lowest BCUT2D eigenvalue weighted by atomic mass is 9.89. The molecule has 0 spiro atoms. The fourth-order valence-electron chi connectivity index (χ4n) is 10.2. The average molecular weight is 893 g/mol. The van der Waals surface area contributed by atoms with Gasteiger partial charge in [0.05, 0.1) is 11.0 Å². The number of benzene rings is 11. The van der Waals surface area contributed by atoms with Gasteiger partial charge >= 0.3 is 0 Å². The summed E-state index contributed by atoms with van der Waals surface area (Å²) in [5.41, 5.74) is 22.6. The Morgan fingerprint density at radius 3 is 1.17 bits per heavy atom. The maximum atomic E-state index is 6.09. The molecule has 0 N–H and O–H groups in total. The molecule has 0 saturated heterocycles. The van der Waals surface area contributed by atoms with E-state index in [0.29, 0.717) is 5.89 Å². The van der Waals surface area contributed by atoms with Crippen LogP contribution in [0.1, 0.15) is 0 Å². The molecule has 0 fully saturated rings. The highest BCUT2D eigenvalue weighted by molar-refractivity contribution is 6.12. The van der Waals surface area contributed by atoms with Gasteiger partial charge in [0.15, 0.2) is 5.58 Å². The molecule has 0 saturated carbocycles. The lowest BCUT2D eigenvalue weighted by molar-refractivity contribution is 0.620. The SMILES string of the molecule is c1ccc(-c2cccc(-c3ccc4c(c3)c3cc(-c5cccc(-c6ccccc6)c5)ccc3n4-c3ccc(-c4ccccc4-c4ccccc4-c4ccc(-c5nc6ccccc6o5)cc4)cc3)c2)cc1. The van der Waals surface area contributed by atoms with Gasteiger partial charge in [-0.05, 0) is 151 Å². The van der Waals surface area contributed by atoms with Gasteiger partial charge in [-0.1, -0.05) is 194 Å². The van der Waals surface area contributed by atoms with Crippen LogP contribution in [-0.2, 0) is 0 Å². The topological polar surface area (TPSA) is 31.0 Å². The molecule has 13 aromatic rings. The van der Waals surface area contributed by atoms with Gasteiger partial charge < -0.3 is 8.98 Å². The van der Waals surface area contributed by atoms with Crippen molar-refractivity contribution in [3.8, 4) is 95.0 Å². The molecule has 328 valence electrons. The van der Waals surface area contributed by atoms with Gasteiger partial charge in [-0.2, -0.15) is 0 Å². The molecule has 0 aliphatic heterocycles. The Bertz CT molecular complexity index is 3860. The summed E-state index contributed by atoms with van der Waals surface area (Å²) in [6.45, 7) is 0. The quantitative estimate of drug-likeness (QED) is 0.145. The van der Waals surface area contributed by atoms with Crippen molar-refractivity contribution in [1.29, 1.82) is 0 Å². The Balaban J connectivity index is 0.889. The third kappa shape index (κ3) is 7.47. The highest BCUT2D eigenvalue weighted by Gasteiger charge is 2.18. The third-order valence-electron chi connectivity index (χ3n) is 13.7. The number of rotatable bonds is 9. The fourth-order valence-corrected chi connectivity index (χ4v) is 10.2. The van der Waals surface area contributed by atoms with Crippen molar-refractivity contribution in [3.63, 3.8) is 0 Å². The molecule has 0 aliphatic carbocycles. The van der Waals surface area contributed by atoms with E-state index in [1.807, 2.05) is 24.3 Å². The van der Waals surface area contributed by atoms with Crippen LogP contribution in [-0.4, -0.2) is 9.55 Å². The van der Waals surface area contributed by atoms with Crippen LogP contribution in [0.25, 0.3) is 128 Å². The third-order valence-corrected chi connectivity index (χ3v) is 13.7. The van der Waals surface area contributed by atoms with Crippen molar-refractivity contribution >= 4 is 32.9 Å². The monoisotopic (exact) mass is 892 g/mol. The molecule has 0 aliphatic rings. The van der Waals surface area contributed by atoms with Crippen LogP contribution in [0.5, 0.6) is 0 Å². The van der Waals surface area contributed by atoms with E-state index in [4.69, 9.17) is 9.40 Å². The molecule has 0 amide bonds. The second-order valence-electron chi connectivity index (χ2n) is 17.9. The van der Waals surface area contributed by atoms with Gasteiger partial charge in [-0.15, -0.1) is 0 Å². The first-order chi connectivity index (χ1) is 34.7. The van der Waals surface area contributed by atoms with E-state index in [1.54, 1.807) is 0 Å². The number of hydrogen-bond donors (Lipinski definition) is 0. The summed E-state index contributed by atoms with van der Waals surface area (Å²) in [6, 6.07) is 95.9. The van der Waals surface area contributed by atoms with Gasteiger partial charge in [0.1, 0.15) is 5.52 Å². The summed E-state index contributed by atoms with van der Waals surface area (Å²) >= 11 is 0. The number of fused-ring (bicyclic) bond motifs is 4. The molecule has 0 unspecified atom stereocenters. The largest absolute Gasteiger partial charge is 0.436 e. The standard InChI is InChI=1S/C67H44N2O/c1-3-15-45(16-4-1)50-19-13-21-52(41-50)54-35-39-64-61(43-54)62-44-55(53-22-14-20-51(42-53)46-17-5-2-6-18-46)36-40-65(62)69(64)56-37-33-48(34-38-56)58-24-8-10-26-60(58)59-25-9-7-23-57(59)47-29-31-49(32-30-47)67-68-63-27-11-12-28-66(63)70-67/h1-44H. The Kier molecular flexibility index (Phi) is 10.2. The van der Waals surface area contributed by atoms with Gasteiger partial charge in [-0.25, -0.2) is 4.98 Å². The number of hydrogen-bond acceptors (Lipinski definition) is 2. The van der Waals surface area contributed by atoms with Crippen LogP contribution in [0.15, 0.2) is 271 Å². The lowest BCUT2D eigenvalue weighted by Gasteiger charge is -2.16. The fraction of sp³-hybridized carbons (Fsp3) is 0. The van der Waals surface area contributed by atoms with Crippen LogP contribution in [0.2, 0.25) is 0 Å². The predicted molar refractivity (Wildman–Crippen MR) is 292 cm³/mol. The molecule has 70 heavy (non-hydrogen) atoms. The second kappa shape index (κ2) is 17.4. The van der Waals surface area contributed by atoms with E-state index in [-0.39, 0.29) is 0 Å². The molecule has 3 nitrogen and oxygen atoms in total. The van der Waals surface area contributed by atoms with Crippen molar-refractivity contribution in [3.05, 3.63) is 267 Å². The number of oxazole rings is 1. The van der Waals surface area contributed by atoms with E-state index < -0.39 is 0 Å². The molecule has 0 atom stereocenters. The van der Waals surface area contributed by atoms with Crippen LogP contribution < -0.4 is 0 Å². The first kappa shape index (κ1) is 40.9. The van der Waals surface area contributed by atoms with Gasteiger partial charge in [-0.3, -0.25) is 0 Å². The molecule has 13 rings (SSSR count). The Labute approximate surface area is 406 Å². The van der Waals surface area contributed by atoms with Gasteiger partial charge in [0.25, 0.3) is 0 Å². The van der Waals surface area contributed by atoms with Crippen molar-refractivity contribution in [2.45, 2.75) is 0 Å². The predicted octanol–water partition coefficient (Wildman–Crippen LogP) is 18.3. The first-order valence-electron chi connectivity index (χ1n) is 23.8. The molecular formula is C67H44N2O.